The summed E-state index contributed by atoms with van der Waals surface area (Å²) in [6.45, 7) is 1.83. The van der Waals surface area contributed by atoms with Crippen molar-refractivity contribution in [3.8, 4) is 11.7 Å². The van der Waals surface area contributed by atoms with Crippen LogP contribution in [0.2, 0.25) is 0 Å². The molecule has 0 saturated heterocycles. The minimum absolute atomic E-state index is 0.128. The van der Waals surface area contributed by atoms with Gasteiger partial charge in [0.05, 0.1) is 12.0 Å². The molecule has 0 aromatic carbocycles. The van der Waals surface area contributed by atoms with Crippen molar-refractivity contribution in [2.24, 2.45) is 0 Å². The van der Waals surface area contributed by atoms with Crippen LogP contribution >= 0.6 is 0 Å². The van der Waals surface area contributed by atoms with Gasteiger partial charge in [-0.25, -0.2) is 4.98 Å². The minimum Gasteiger partial charge on any atom is -0.459 e. The molecule has 0 bridgehead atoms. The number of aliphatic hydroxyl groups is 1. The van der Waals surface area contributed by atoms with E-state index in [0.29, 0.717) is 17.4 Å². The molecule has 2 rings (SSSR count). The van der Waals surface area contributed by atoms with Crippen LogP contribution in [0, 0.1) is 0 Å². The van der Waals surface area contributed by atoms with Crippen LogP contribution in [-0.2, 0) is 13.0 Å². The van der Waals surface area contributed by atoms with Crippen LogP contribution in [0.3, 0.4) is 0 Å². The van der Waals surface area contributed by atoms with Crippen molar-refractivity contribution in [1.82, 2.24) is 4.98 Å². The number of aliphatic hydroxyl groups excluding tert-OH is 1. The molecule has 4 nitrogen and oxygen atoms in total. The summed E-state index contributed by atoms with van der Waals surface area (Å²) in [5, 5.41) is 9.00. The number of hydrogen-bond acceptors (Lipinski definition) is 4. The molecule has 0 spiro atoms. The van der Waals surface area contributed by atoms with E-state index in [1.54, 1.807) is 18.4 Å². The Morgan fingerprint density at radius 3 is 2.86 bits per heavy atom. The van der Waals surface area contributed by atoms with Crippen LogP contribution in [0.25, 0.3) is 11.7 Å². The Labute approximate surface area is 81.2 Å². The van der Waals surface area contributed by atoms with Crippen molar-refractivity contribution < 1.29 is 13.9 Å². The van der Waals surface area contributed by atoms with E-state index in [1.807, 2.05) is 6.92 Å². The van der Waals surface area contributed by atoms with E-state index in [-0.39, 0.29) is 6.61 Å². The summed E-state index contributed by atoms with van der Waals surface area (Å²) in [6, 6.07) is 3.54. The van der Waals surface area contributed by atoms with Crippen molar-refractivity contribution >= 4 is 0 Å². The standard InChI is InChI=1S/C10H11NO3/c1-2-7-9(6-12)14-10(11-7)8-4-3-5-13-8/h3-5,12H,2,6H2,1H3. The van der Waals surface area contributed by atoms with Gasteiger partial charge in [0, 0.05) is 0 Å². The van der Waals surface area contributed by atoms with Gasteiger partial charge in [-0.1, -0.05) is 6.92 Å². The number of nitrogens with zero attached hydrogens (tertiary/aromatic N) is 1. The molecule has 1 N–H and O–H groups in total. The van der Waals surface area contributed by atoms with Crippen LogP contribution in [-0.4, -0.2) is 10.1 Å². The summed E-state index contributed by atoms with van der Waals surface area (Å²) in [5.74, 6) is 1.52. The van der Waals surface area contributed by atoms with Crippen molar-refractivity contribution in [1.29, 1.82) is 0 Å². The van der Waals surface area contributed by atoms with Crippen LogP contribution in [0.1, 0.15) is 18.4 Å². The highest BCUT2D eigenvalue weighted by Gasteiger charge is 2.13. The molecule has 0 aliphatic heterocycles. The quantitative estimate of drug-likeness (QED) is 0.809. The molecule has 0 saturated carbocycles. The Morgan fingerprint density at radius 1 is 1.50 bits per heavy atom. The molecule has 0 atom stereocenters. The van der Waals surface area contributed by atoms with Gasteiger partial charge >= 0.3 is 0 Å². The summed E-state index contributed by atoms with van der Waals surface area (Å²) in [7, 11) is 0. The summed E-state index contributed by atoms with van der Waals surface area (Å²) in [6.07, 6.45) is 2.30. The molecule has 0 unspecified atom stereocenters. The fourth-order valence-corrected chi connectivity index (χ4v) is 1.29. The number of furan rings is 1. The fourth-order valence-electron chi connectivity index (χ4n) is 1.29. The number of aryl methyl sites for hydroxylation is 1. The maximum Gasteiger partial charge on any atom is 0.263 e. The second kappa shape index (κ2) is 3.67. The molecule has 2 aromatic heterocycles. The molecule has 74 valence electrons. The van der Waals surface area contributed by atoms with Crippen LogP contribution in [0.15, 0.2) is 27.2 Å². The van der Waals surface area contributed by atoms with Gasteiger partial charge in [-0.3, -0.25) is 0 Å². The van der Waals surface area contributed by atoms with E-state index in [0.717, 1.165) is 12.1 Å². The Hall–Kier alpha value is -1.55. The predicted octanol–water partition coefficient (Wildman–Crippen LogP) is 1.99. The largest absolute Gasteiger partial charge is 0.459 e. The zero-order valence-corrected chi connectivity index (χ0v) is 7.86. The highest BCUT2D eigenvalue weighted by atomic mass is 16.4. The number of rotatable bonds is 3. The molecule has 0 aliphatic rings. The highest BCUT2D eigenvalue weighted by molar-refractivity contribution is 5.44. The number of oxazole rings is 1. The first-order valence-electron chi connectivity index (χ1n) is 4.48. The van der Waals surface area contributed by atoms with Gasteiger partial charge in [0.15, 0.2) is 11.5 Å². The fraction of sp³-hybridized carbons (Fsp3) is 0.300. The smallest absolute Gasteiger partial charge is 0.263 e. The maximum absolute atomic E-state index is 9.00. The van der Waals surface area contributed by atoms with Gasteiger partial charge in [0.1, 0.15) is 6.61 Å². The average Bonchev–Trinajstić information content (AvgIpc) is 2.85. The lowest BCUT2D eigenvalue weighted by Crippen LogP contribution is -1.87. The molecule has 0 radical (unpaired) electrons. The zero-order valence-electron chi connectivity index (χ0n) is 7.86. The highest BCUT2D eigenvalue weighted by Crippen LogP contribution is 2.22. The first-order valence-corrected chi connectivity index (χ1v) is 4.48. The van der Waals surface area contributed by atoms with Gasteiger partial charge in [0.25, 0.3) is 5.89 Å². The molecular formula is C10H11NO3. The zero-order chi connectivity index (χ0) is 9.97. The third-order valence-corrected chi connectivity index (χ3v) is 1.99. The molecule has 0 fully saturated rings. The van der Waals surface area contributed by atoms with Gasteiger partial charge < -0.3 is 13.9 Å². The van der Waals surface area contributed by atoms with Gasteiger partial charge in [-0.2, -0.15) is 0 Å². The first kappa shape index (κ1) is 9.02. The van der Waals surface area contributed by atoms with E-state index in [4.69, 9.17) is 13.9 Å². The Balaban J connectivity index is 2.41. The summed E-state index contributed by atoms with van der Waals surface area (Å²) in [4.78, 5) is 4.22. The molecule has 2 heterocycles. The van der Waals surface area contributed by atoms with Gasteiger partial charge in [-0.05, 0) is 18.6 Å². The summed E-state index contributed by atoms with van der Waals surface area (Å²) >= 11 is 0. The molecular weight excluding hydrogens is 182 g/mol. The van der Waals surface area contributed by atoms with E-state index in [9.17, 15) is 0 Å². The van der Waals surface area contributed by atoms with Crippen LogP contribution in [0.4, 0.5) is 0 Å². The monoisotopic (exact) mass is 193 g/mol. The second-order valence-corrected chi connectivity index (χ2v) is 2.88. The Kier molecular flexibility index (Phi) is 2.37. The lowest BCUT2D eigenvalue weighted by atomic mass is 10.3. The number of aromatic nitrogens is 1. The van der Waals surface area contributed by atoms with Crippen LogP contribution < -0.4 is 0 Å². The normalized spacial score (nSPS) is 10.7. The van der Waals surface area contributed by atoms with E-state index in [1.165, 1.54) is 0 Å². The second-order valence-electron chi connectivity index (χ2n) is 2.88. The van der Waals surface area contributed by atoms with Crippen molar-refractivity contribution in [2.45, 2.75) is 20.0 Å². The molecule has 0 aliphatic carbocycles. The first-order chi connectivity index (χ1) is 6.85. The van der Waals surface area contributed by atoms with Gasteiger partial charge in [0.2, 0.25) is 0 Å². The molecule has 14 heavy (non-hydrogen) atoms. The maximum atomic E-state index is 9.00. The van der Waals surface area contributed by atoms with Crippen molar-refractivity contribution in [3.63, 3.8) is 0 Å². The molecule has 0 amide bonds. The number of hydrogen-bond donors (Lipinski definition) is 1. The topological polar surface area (TPSA) is 59.4 Å². The Bertz CT molecular complexity index is 381. The van der Waals surface area contributed by atoms with E-state index >= 15 is 0 Å². The van der Waals surface area contributed by atoms with E-state index in [2.05, 4.69) is 4.98 Å². The van der Waals surface area contributed by atoms with Crippen molar-refractivity contribution in [3.05, 3.63) is 29.9 Å². The lowest BCUT2D eigenvalue weighted by molar-refractivity contribution is 0.246. The molecule has 2 aromatic rings. The van der Waals surface area contributed by atoms with Crippen LogP contribution in [0.5, 0.6) is 0 Å². The minimum atomic E-state index is -0.128. The van der Waals surface area contributed by atoms with Gasteiger partial charge in [-0.15, -0.1) is 0 Å². The summed E-state index contributed by atoms with van der Waals surface area (Å²) < 4.78 is 10.5. The van der Waals surface area contributed by atoms with E-state index < -0.39 is 0 Å². The SMILES string of the molecule is CCc1nc(-c2ccco2)oc1CO. The average molecular weight is 193 g/mol. The van der Waals surface area contributed by atoms with Crippen molar-refractivity contribution in [2.75, 3.05) is 0 Å². The lowest BCUT2D eigenvalue weighted by Gasteiger charge is -1.89. The third kappa shape index (κ3) is 1.44. The summed E-state index contributed by atoms with van der Waals surface area (Å²) in [5.41, 5.74) is 0.777. The third-order valence-electron chi connectivity index (χ3n) is 1.99. The Morgan fingerprint density at radius 2 is 2.36 bits per heavy atom. The predicted molar refractivity (Wildman–Crippen MR) is 49.5 cm³/mol. The molecule has 4 heteroatoms.